The van der Waals surface area contributed by atoms with E-state index in [9.17, 15) is 19.7 Å². The minimum atomic E-state index is -0.751. The van der Waals surface area contributed by atoms with E-state index >= 15 is 0 Å². The van der Waals surface area contributed by atoms with E-state index in [-0.39, 0.29) is 17.5 Å². The van der Waals surface area contributed by atoms with Gasteiger partial charge in [-0.15, -0.1) is 11.3 Å². The van der Waals surface area contributed by atoms with Crippen LogP contribution in [0.5, 0.6) is 0 Å². The van der Waals surface area contributed by atoms with Gasteiger partial charge in [0.05, 0.1) is 9.80 Å². The highest BCUT2D eigenvalue weighted by atomic mass is 32.1. The van der Waals surface area contributed by atoms with Crippen LogP contribution in [0.25, 0.3) is 0 Å². The zero-order valence-electron chi connectivity index (χ0n) is 13.2. The summed E-state index contributed by atoms with van der Waals surface area (Å²) in [5.41, 5.74) is 0.196. The maximum absolute atomic E-state index is 12.4. The lowest BCUT2D eigenvalue weighted by molar-refractivity contribution is -0.384. The number of nitro benzene ring substituents is 1. The lowest BCUT2D eigenvalue weighted by Crippen LogP contribution is -2.46. The van der Waals surface area contributed by atoms with E-state index in [2.05, 4.69) is 10.6 Å². The zero-order valence-corrected chi connectivity index (χ0v) is 14.0. The number of amides is 2. The van der Waals surface area contributed by atoms with Gasteiger partial charge in [0.1, 0.15) is 6.04 Å². The van der Waals surface area contributed by atoms with E-state index < -0.39 is 16.9 Å². The number of thiophene rings is 1. The molecule has 0 aliphatic heterocycles. The van der Waals surface area contributed by atoms with Crippen molar-refractivity contribution in [3.8, 4) is 0 Å². The molecule has 2 amide bonds. The number of carbonyl (C=O) groups is 2. The predicted molar refractivity (Wildman–Crippen MR) is 92.1 cm³/mol. The van der Waals surface area contributed by atoms with Crippen LogP contribution in [0.3, 0.4) is 0 Å². The van der Waals surface area contributed by atoms with E-state index in [1.165, 1.54) is 29.5 Å². The largest absolute Gasteiger partial charge is 0.339 e. The van der Waals surface area contributed by atoms with Gasteiger partial charge < -0.3 is 10.6 Å². The Kier molecular flexibility index (Phi) is 5.64. The van der Waals surface area contributed by atoms with Crippen LogP contribution in [-0.2, 0) is 4.79 Å². The van der Waals surface area contributed by atoms with Crippen LogP contribution in [0.15, 0.2) is 41.8 Å². The van der Waals surface area contributed by atoms with Crippen LogP contribution < -0.4 is 10.6 Å². The Morgan fingerprint density at radius 2 is 1.96 bits per heavy atom. The number of non-ortho nitro benzene ring substituents is 1. The standard InChI is InChI=1S/C16H17N3O4S/c1-10(2)14(18-15(20)13-7-4-8-24-13)16(21)17-11-5-3-6-12(9-11)19(22)23/h3-10,14H,1-2H3,(H,17,21)(H,18,20)/t14-/m1/s1. The lowest BCUT2D eigenvalue weighted by Gasteiger charge is -2.21. The number of nitro groups is 1. The Bertz CT molecular complexity index is 744. The normalized spacial score (nSPS) is 11.8. The average molecular weight is 347 g/mol. The summed E-state index contributed by atoms with van der Waals surface area (Å²) in [6, 6.07) is 8.35. The highest BCUT2D eigenvalue weighted by Gasteiger charge is 2.25. The van der Waals surface area contributed by atoms with E-state index in [1.807, 2.05) is 13.8 Å². The summed E-state index contributed by atoms with van der Waals surface area (Å²) < 4.78 is 0. The van der Waals surface area contributed by atoms with Gasteiger partial charge in [-0.1, -0.05) is 26.0 Å². The second-order valence-corrected chi connectivity index (χ2v) is 6.42. The fraction of sp³-hybridized carbons (Fsp3) is 0.250. The molecule has 0 spiro atoms. The quantitative estimate of drug-likeness (QED) is 0.619. The van der Waals surface area contributed by atoms with Gasteiger partial charge in [-0.2, -0.15) is 0 Å². The molecule has 0 bridgehead atoms. The summed E-state index contributed by atoms with van der Waals surface area (Å²) in [4.78, 5) is 35.4. The second-order valence-electron chi connectivity index (χ2n) is 5.47. The van der Waals surface area contributed by atoms with Crippen molar-refractivity contribution >= 4 is 34.5 Å². The van der Waals surface area contributed by atoms with Crippen molar-refractivity contribution in [3.63, 3.8) is 0 Å². The van der Waals surface area contributed by atoms with Gasteiger partial charge in [0.25, 0.3) is 11.6 Å². The first-order valence-corrected chi connectivity index (χ1v) is 8.16. The summed E-state index contributed by atoms with van der Waals surface area (Å²) in [5, 5.41) is 17.9. The molecule has 7 nitrogen and oxygen atoms in total. The predicted octanol–water partition coefficient (Wildman–Crippen LogP) is 3.05. The fourth-order valence-corrected chi connectivity index (χ4v) is 2.70. The minimum absolute atomic E-state index is 0.114. The van der Waals surface area contributed by atoms with Gasteiger partial charge >= 0.3 is 0 Å². The molecule has 0 aliphatic rings. The monoisotopic (exact) mass is 347 g/mol. The molecular formula is C16H17N3O4S. The van der Waals surface area contributed by atoms with Crippen molar-refractivity contribution < 1.29 is 14.5 Å². The molecule has 24 heavy (non-hydrogen) atoms. The van der Waals surface area contributed by atoms with Gasteiger partial charge in [0.2, 0.25) is 5.91 Å². The van der Waals surface area contributed by atoms with Crippen LogP contribution in [-0.4, -0.2) is 22.8 Å². The Morgan fingerprint density at radius 1 is 1.21 bits per heavy atom. The second kappa shape index (κ2) is 7.69. The van der Waals surface area contributed by atoms with Crippen molar-refractivity contribution in [1.82, 2.24) is 5.32 Å². The van der Waals surface area contributed by atoms with Crippen LogP contribution in [0.4, 0.5) is 11.4 Å². The number of hydrogen-bond acceptors (Lipinski definition) is 5. The summed E-state index contributed by atoms with van der Waals surface area (Å²) in [7, 11) is 0. The SMILES string of the molecule is CC(C)[C@@H](NC(=O)c1cccs1)C(=O)Nc1cccc([N+](=O)[O-])c1. The summed E-state index contributed by atoms with van der Waals surface area (Å²) >= 11 is 1.29. The number of hydrogen-bond donors (Lipinski definition) is 2. The van der Waals surface area contributed by atoms with E-state index in [0.717, 1.165) is 0 Å². The van der Waals surface area contributed by atoms with Crippen LogP contribution in [0.1, 0.15) is 23.5 Å². The molecule has 2 N–H and O–H groups in total. The number of benzene rings is 1. The third kappa shape index (κ3) is 4.39. The summed E-state index contributed by atoms with van der Waals surface area (Å²) in [6.07, 6.45) is 0. The Hall–Kier alpha value is -2.74. The molecule has 2 aromatic rings. The highest BCUT2D eigenvalue weighted by Crippen LogP contribution is 2.18. The molecule has 1 atom stereocenters. The van der Waals surface area contributed by atoms with Gasteiger partial charge in [0, 0.05) is 17.8 Å². The molecule has 8 heteroatoms. The molecule has 1 heterocycles. The smallest absolute Gasteiger partial charge is 0.271 e. The number of carbonyl (C=O) groups excluding carboxylic acids is 2. The highest BCUT2D eigenvalue weighted by molar-refractivity contribution is 7.12. The van der Waals surface area contributed by atoms with Gasteiger partial charge in [0.15, 0.2) is 0 Å². The number of anilines is 1. The molecule has 1 aromatic carbocycles. The van der Waals surface area contributed by atoms with Gasteiger partial charge in [-0.25, -0.2) is 0 Å². The van der Waals surface area contributed by atoms with Crippen molar-refractivity contribution in [2.75, 3.05) is 5.32 Å². The van der Waals surface area contributed by atoms with E-state index in [0.29, 0.717) is 10.6 Å². The molecule has 0 fully saturated rings. The van der Waals surface area contributed by atoms with Gasteiger partial charge in [-0.3, -0.25) is 19.7 Å². The molecule has 0 aliphatic carbocycles. The van der Waals surface area contributed by atoms with Crippen molar-refractivity contribution in [2.24, 2.45) is 5.92 Å². The van der Waals surface area contributed by atoms with Crippen LogP contribution in [0.2, 0.25) is 0 Å². The average Bonchev–Trinajstić information content (AvgIpc) is 3.06. The molecule has 0 radical (unpaired) electrons. The molecular weight excluding hydrogens is 330 g/mol. The Balaban J connectivity index is 2.10. The zero-order chi connectivity index (χ0) is 17.7. The van der Waals surface area contributed by atoms with Crippen molar-refractivity contribution in [3.05, 3.63) is 56.8 Å². The first kappa shape index (κ1) is 17.6. The van der Waals surface area contributed by atoms with Gasteiger partial charge in [-0.05, 0) is 23.4 Å². The number of rotatable bonds is 6. The van der Waals surface area contributed by atoms with Crippen molar-refractivity contribution in [2.45, 2.75) is 19.9 Å². The molecule has 2 rings (SSSR count). The maximum Gasteiger partial charge on any atom is 0.271 e. The van der Waals surface area contributed by atoms with E-state index in [1.54, 1.807) is 23.6 Å². The molecule has 0 saturated carbocycles. The first-order chi connectivity index (χ1) is 11.4. The molecule has 1 aromatic heterocycles. The van der Waals surface area contributed by atoms with Crippen LogP contribution >= 0.6 is 11.3 Å². The molecule has 0 unspecified atom stereocenters. The summed E-state index contributed by atoms with van der Waals surface area (Å²) in [5.74, 6) is -0.888. The number of nitrogens with zero attached hydrogens (tertiary/aromatic N) is 1. The third-order valence-corrected chi connectivity index (χ3v) is 4.17. The molecule has 126 valence electrons. The Labute approximate surface area is 142 Å². The topological polar surface area (TPSA) is 101 Å². The lowest BCUT2D eigenvalue weighted by atomic mass is 10.0. The first-order valence-electron chi connectivity index (χ1n) is 7.28. The molecule has 0 saturated heterocycles. The minimum Gasteiger partial charge on any atom is -0.339 e. The third-order valence-electron chi connectivity index (χ3n) is 3.31. The van der Waals surface area contributed by atoms with Crippen LogP contribution in [0, 0.1) is 16.0 Å². The van der Waals surface area contributed by atoms with E-state index in [4.69, 9.17) is 0 Å². The Morgan fingerprint density at radius 3 is 2.54 bits per heavy atom. The number of nitrogens with one attached hydrogen (secondary N) is 2. The van der Waals surface area contributed by atoms with Crippen molar-refractivity contribution in [1.29, 1.82) is 0 Å². The summed E-state index contributed by atoms with van der Waals surface area (Å²) in [6.45, 7) is 3.62. The fourth-order valence-electron chi connectivity index (χ4n) is 2.07. The maximum atomic E-state index is 12.4.